The Balaban J connectivity index is 1.54. The monoisotopic (exact) mass is 478 g/mol. The molecule has 1 fully saturated rings. The summed E-state index contributed by atoms with van der Waals surface area (Å²) in [5.41, 5.74) is 2.70. The van der Waals surface area contributed by atoms with Gasteiger partial charge >= 0.3 is 0 Å². The van der Waals surface area contributed by atoms with E-state index in [4.69, 9.17) is 4.74 Å². The number of carbonyl (C=O) groups excluding carboxylic acids is 1. The van der Waals surface area contributed by atoms with Gasteiger partial charge in [0.1, 0.15) is 0 Å². The molecule has 0 unspecified atom stereocenters. The van der Waals surface area contributed by atoms with Crippen molar-refractivity contribution in [1.82, 2.24) is 9.21 Å². The maximum atomic E-state index is 13.5. The van der Waals surface area contributed by atoms with Gasteiger partial charge in [-0.15, -0.1) is 0 Å². The van der Waals surface area contributed by atoms with Crippen molar-refractivity contribution >= 4 is 15.9 Å². The molecule has 3 aromatic rings. The normalized spacial score (nSPS) is 14.6. The molecule has 0 spiro atoms. The topological polar surface area (TPSA) is 66.9 Å². The molecular weight excluding hydrogens is 448 g/mol. The Morgan fingerprint density at radius 2 is 1.35 bits per heavy atom. The molecule has 0 radical (unpaired) electrons. The summed E-state index contributed by atoms with van der Waals surface area (Å²) < 4.78 is 32.9. The molecule has 7 heteroatoms. The van der Waals surface area contributed by atoms with Crippen molar-refractivity contribution < 1.29 is 17.9 Å². The zero-order valence-electron chi connectivity index (χ0n) is 19.2. The van der Waals surface area contributed by atoms with Crippen LogP contribution in [0.3, 0.4) is 0 Å². The van der Waals surface area contributed by atoms with Crippen LogP contribution in [-0.4, -0.2) is 62.9 Å². The van der Waals surface area contributed by atoms with Gasteiger partial charge in [-0.2, -0.15) is 4.31 Å². The summed E-state index contributed by atoms with van der Waals surface area (Å²) in [7, 11) is -3.67. The molecule has 0 aromatic heterocycles. The molecule has 1 aliphatic rings. The van der Waals surface area contributed by atoms with E-state index in [2.05, 4.69) is 24.3 Å². The first-order chi connectivity index (χ1) is 16.5. The second-order valence-electron chi connectivity index (χ2n) is 8.31. The van der Waals surface area contributed by atoms with E-state index in [1.165, 1.54) is 10.4 Å². The SMILES string of the molecule is O=C(c1cccc(S(=O)(=O)N2CCOCC2)c1)N(CCc1ccccc1)CCc1ccccc1. The Morgan fingerprint density at radius 3 is 1.91 bits per heavy atom. The summed E-state index contributed by atoms with van der Waals surface area (Å²) in [5, 5.41) is 0. The average Bonchev–Trinajstić information content (AvgIpc) is 2.90. The number of hydrogen-bond donors (Lipinski definition) is 0. The van der Waals surface area contributed by atoms with Crippen molar-refractivity contribution in [2.75, 3.05) is 39.4 Å². The van der Waals surface area contributed by atoms with Gasteiger partial charge in [0.2, 0.25) is 10.0 Å². The fourth-order valence-electron chi connectivity index (χ4n) is 4.04. The van der Waals surface area contributed by atoms with Crippen LogP contribution in [0.2, 0.25) is 0 Å². The Hall–Kier alpha value is -3.00. The van der Waals surface area contributed by atoms with Crippen LogP contribution in [0.1, 0.15) is 21.5 Å². The lowest BCUT2D eigenvalue weighted by molar-refractivity contribution is 0.0729. The van der Waals surface area contributed by atoms with Crippen LogP contribution in [0.4, 0.5) is 0 Å². The summed E-state index contributed by atoms with van der Waals surface area (Å²) in [4.78, 5) is 15.5. The molecule has 1 amide bonds. The number of hydrogen-bond acceptors (Lipinski definition) is 4. The molecule has 1 aliphatic heterocycles. The fraction of sp³-hybridized carbons (Fsp3) is 0.296. The summed E-state index contributed by atoms with van der Waals surface area (Å²) in [6.07, 6.45) is 1.46. The van der Waals surface area contributed by atoms with Crippen LogP contribution in [0.25, 0.3) is 0 Å². The summed E-state index contributed by atoms with van der Waals surface area (Å²) >= 11 is 0. The number of nitrogens with zero attached hydrogens (tertiary/aromatic N) is 2. The van der Waals surface area contributed by atoms with E-state index in [-0.39, 0.29) is 10.8 Å². The molecule has 0 bridgehead atoms. The van der Waals surface area contributed by atoms with Crippen LogP contribution in [0.5, 0.6) is 0 Å². The van der Waals surface area contributed by atoms with Gasteiger partial charge in [-0.25, -0.2) is 8.42 Å². The predicted octanol–water partition coefficient (Wildman–Crippen LogP) is 3.64. The van der Waals surface area contributed by atoms with E-state index in [9.17, 15) is 13.2 Å². The first kappa shape index (κ1) is 24.1. The smallest absolute Gasteiger partial charge is 0.253 e. The number of rotatable bonds is 9. The van der Waals surface area contributed by atoms with Crippen LogP contribution in [0.15, 0.2) is 89.8 Å². The van der Waals surface area contributed by atoms with Crippen LogP contribution in [0, 0.1) is 0 Å². The van der Waals surface area contributed by atoms with Gasteiger partial charge in [0, 0.05) is 31.7 Å². The number of benzene rings is 3. The minimum atomic E-state index is -3.67. The molecule has 0 atom stereocenters. The zero-order valence-corrected chi connectivity index (χ0v) is 20.0. The average molecular weight is 479 g/mol. The summed E-state index contributed by atoms with van der Waals surface area (Å²) in [6, 6.07) is 26.5. The molecular formula is C27H30N2O4S. The van der Waals surface area contributed by atoms with Crippen molar-refractivity contribution in [1.29, 1.82) is 0 Å². The third kappa shape index (κ3) is 6.11. The minimum Gasteiger partial charge on any atom is -0.379 e. The molecule has 178 valence electrons. The molecule has 0 saturated carbocycles. The third-order valence-electron chi connectivity index (χ3n) is 6.00. The van der Waals surface area contributed by atoms with E-state index >= 15 is 0 Å². The predicted molar refractivity (Wildman–Crippen MR) is 132 cm³/mol. The fourth-order valence-corrected chi connectivity index (χ4v) is 5.49. The van der Waals surface area contributed by atoms with Gasteiger partial charge in [0.05, 0.1) is 18.1 Å². The second kappa shape index (κ2) is 11.4. The number of morpholine rings is 1. The first-order valence-corrected chi connectivity index (χ1v) is 13.0. The Labute approximate surface area is 201 Å². The zero-order chi connectivity index (χ0) is 23.8. The van der Waals surface area contributed by atoms with Gasteiger partial charge < -0.3 is 9.64 Å². The van der Waals surface area contributed by atoms with E-state index in [1.54, 1.807) is 18.2 Å². The number of sulfonamides is 1. The van der Waals surface area contributed by atoms with Gasteiger partial charge in [-0.05, 0) is 42.2 Å². The number of amides is 1. The van der Waals surface area contributed by atoms with E-state index in [0.717, 1.165) is 24.0 Å². The van der Waals surface area contributed by atoms with Gasteiger partial charge in [-0.3, -0.25) is 4.79 Å². The van der Waals surface area contributed by atoms with Crippen LogP contribution >= 0.6 is 0 Å². The van der Waals surface area contributed by atoms with E-state index < -0.39 is 10.0 Å². The highest BCUT2D eigenvalue weighted by atomic mass is 32.2. The molecule has 1 heterocycles. The van der Waals surface area contributed by atoms with Gasteiger partial charge in [0.25, 0.3) is 5.91 Å². The standard InChI is InChI=1S/C27H30N2O4S/c30-27(25-12-7-13-26(22-25)34(31,32)29-18-20-33-21-19-29)28(16-14-23-8-3-1-4-9-23)17-15-24-10-5-2-6-11-24/h1-13,22H,14-21H2. The lowest BCUT2D eigenvalue weighted by Crippen LogP contribution is -2.40. The lowest BCUT2D eigenvalue weighted by atomic mass is 10.1. The van der Waals surface area contributed by atoms with Crippen LogP contribution < -0.4 is 0 Å². The van der Waals surface area contributed by atoms with Gasteiger partial charge in [-0.1, -0.05) is 66.7 Å². The second-order valence-corrected chi connectivity index (χ2v) is 10.2. The lowest BCUT2D eigenvalue weighted by Gasteiger charge is -2.26. The van der Waals surface area contributed by atoms with Crippen molar-refractivity contribution in [2.24, 2.45) is 0 Å². The van der Waals surface area contributed by atoms with Gasteiger partial charge in [0.15, 0.2) is 0 Å². The number of carbonyl (C=O) groups is 1. The Morgan fingerprint density at radius 1 is 0.794 bits per heavy atom. The Bertz CT molecular complexity index is 1130. The van der Waals surface area contributed by atoms with E-state index in [0.29, 0.717) is 45.0 Å². The molecule has 3 aromatic carbocycles. The summed E-state index contributed by atoms with van der Waals surface area (Å²) in [6.45, 7) is 2.50. The number of ether oxygens (including phenoxy) is 1. The van der Waals surface area contributed by atoms with Crippen molar-refractivity contribution in [3.63, 3.8) is 0 Å². The molecule has 1 saturated heterocycles. The molecule has 4 rings (SSSR count). The maximum absolute atomic E-state index is 13.5. The highest BCUT2D eigenvalue weighted by Gasteiger charge is 2.27. The summed E-state index contributed by atoms with van der Waals surface area (Å²) in [5.74, 6) is -0.161. The molecule has 34 heavy (non-hydrogen) atoms. The molecule has 6 nitrogen and oxygen atoms in total. The first-order valence-electron chi connectivity index (χ1n) is 11.6. The highest BCUT2D eigenvalue weighted by Crippen LogP contribution is 2.20. The van der Waals surface area contributed by atoms with Crippen molar-refractivity contribution in [2.45, 2.75) is 17.7 Å². The molecule has 0 N–H and O–H groups in total. The minimum absolute atomic E-state index is 0.145. The maximum Gasteiger partial charge on any atom is 0.253 e. The molecule has 0 aliphatic carbocycles. The highest BCUT2D eigenvalue weighted by molar-refractivity contribution is 7.89. The van der Waals surface area contributed by atoms with Crippen molar-refractivity contribution in [3.8, 4) is 0 Å². The third-order valence-corrected chi connectivity index (χ3v) is 7.90. The van der Waals surface area contributed by atoms with Crippen LogP contribution in [-0.2, 0) is 27.6 Å². The quantitative estimate of drug-likeness (QED) is 0.471. The van der Waals surface area contributed by atoms with Crippen molar-refractivity contribution in [3.05, 3.63) is 102 Å². The Kier molecular flexibility index (Phi) is 8.11. The van der Waals surface area contributed by atoms with E-state index in [1.807, 2.05) is 41.3 Å². The largest absolute Gasteiger partial charge is 0.379 e.